The Bertz CT molecular complexity index is 540. The van der Waals surface area contributed by atoms with Crippen LogP contribution in [0.5, 0.6) is 5.75 Å². The Hall–Kier alpha value is -2.24. The van der Waals surface area contributed by atoms with Crippen LogP contribution < -0.4 is 10.5 Å². The molecule has 2 rings (SSSR count). The van der Waals surface area contributed by atoms with Gasteiger partial charge in [0, 0.05) is 25.8 Å². The quantitative estimate of drug-likeness (QED) is 0.833. The van der Waals surface area contributed by atoms with Gasteiger partial charge in [0.2, 0.25) is 5.91 Å². The molecule has 2 N–H and O–H groups in total. The van der Waals surface area contributed by atoms with Crippen molar-refractivity contribution in [2.24, 2.45) is 0 Å². The third-order valence-corrected chi connectivity index (χ3v) is 3.75. The summed E-state index contributed by atoms with van der Waals surface area (Å²) < 4.78 is 5.46. The Morgan fingerprint density at radius 2 is 1.90 bits per heavy atom. The molecule has 21 heavy (non-hydrogen) atoms. The summed E-state index contributed by atoms with van der Waals surface area (Å²) in [5, 5.41) is 0. The minimum absolute atomic E-state index is 0.0606. The topological polar surface area (TPSA) is 75.9 Å². The standard InChI is InChI=1S/C15H21N3O3/c1-15(2)14(20)17(3)8-9-18(15)13(19)10-21-12-6-4-11(16)5-7-12/h4-7H,8-10,16H2,1-3H3. The predicted octanol–water partition coefficient (Wildman–Crippen LogP) is 0.727. The molecule has 1 aromatic carbocycles. The minimum atomic E-state index is -0.839. The molecule has 0 aliphatic carbocycles. The number of piperazine rings is 1. The minimum Gasteiger partial charge on any atom is -0.484 e. The fourth-order valence-corrected chi connectivity index (χ4v) is 2.44. The first-order chi connectivity index (χ1) is 9.82. The highest BCUT2D eigenvalue weighted by Crippen LogP contribution is 2.22. The lowest BCUT2D eigenvalue weighted by atomic mass is 9.98. The number of carbonyl (C=O) groups is 2. The summed E-state index contributed by atoms with van der Waals surface area (Å²) in [7, 11) is 1.75. The van der Waals surface area contributed by atoms with Gasteiger partial charge in [-0.3, -0.25) is 9.59 Å². The highest BCUT2D eigenvalue weighted by atomic mass is 16.5. The lowest BCUT2D eigenvalue weighted by Gasteiger charge is -2.44. The second kappa shape index (κ2) is 5.63. The molecule has 0 unspecified atom stereocenters. The zero-order chi connectivity index (χ0) is 15.6. The van der Waals surface area contributed by atoms with E-state index >= 15 is 0 Å². The van der Waals surface area contributed by atoms with Gasteiger partial charge >= 0.3 is 0 Å². The maximum atomic E-state index is 12.3. The molecule has 1 aliphatic rings. The van der Waals surface area contributed by atoms with E-state index in [0.29, 0.717) is 24.5 Å². The van der Waals surface area contributed by atoms with E-state index in [1.807, 2.05) is 0 Å². The lowest BCUT2D eigenvalue weighted by molar-refractivity contribution is -0.158. The molecular formula is C15H21N3O3. The number of likely N-dealkylation sites (N-methyl/N-ethyl adjacent to an activating group) is 1. The van der Waals surface area contributed by atoms with Crippen LogP contribution in [-0.2, 0) is 9.59 Å². The summed E-state index contributed by atoms with van der Waals surface area (Å²) in [6.07, 6.45) is 0. The number of anilines is 1. The molecule has 1 aliphatic heterocycles. The predicted molar refractivity (Wildman–Crippen MR) is 79.8 cm³/mol. The number of ether oxygens (including phenoxy) is 1. The molecule has 1 aromatic rings. The Morgan fingerprint density at radius 3 is 2.52 bits per heavy atom. The van der Waals surface area contributed by atoms with Gasteiger partial charge in [0.15, 0.2) is 6.61 Å². The maximum absolute atomic E-state index is 12.3. The van der Waals surface area contributed by atoms with E-state index in [0.717, 1.165) is 0 Å². The van der Waals surface area contributed by atoms with Gasteiger partial charge in [-0.2, -0.15) is 0 Å². The molecule has 6 nitrogen and oxygen atoms in total. The molecule has 114 valence electrons. The highest BCUT2D eigenvalue weighted by molar-refractivity contribution is 5.92. The van der Waals surface area contributed by atoms with Gasteiger partial charge in [-0.25, -0.2) is 0 Å². The number of hydrogen-bond acceptors (Lipinski definition) is 4. The maximum Gasteiger partial charge on any atom is 0.261 e. The molecule has 0 aromatic heterocycles. The average molecular weight is 291 g/mol. The average Bonchev–Trinajstić information content (AvgIpc) is 2.44. The molecule has 6 heteroatoms. The van der Waals surface area contributed by atoms with Gasteiger partial charge in [0.25, 0.3) is 5.91 Å². The van der Waals surface area contributed by atoms with Crippen molar-refractivity contribution < 1.29 is 14.3 Å². The number of nitrogens with two attached hydrogens (primary N) is 1. The summed E-state index contributed by atoms with van der Waals surface area (Å²) in [4.78, 5) is 27.7. The van der Waals surface area contributed by atoms with E-state index in [9.17, 15) is 9.59 Å². The van der Waals surface area contributed by atoms with Crippen LogP contribution in [-0.4, -0.2) is 53.9 Å². The van der Waals surface area contributed by atoms with E-state index in [4.69, 9.17) is 10.5 Å². The monoisotopic (exact) mass is 291 g/mol. The number of amides is 2. The summed E-state index contributed by atoms with van der Waals surface area (Å²) >= 11 is 0. The molecule has 0 atom stereocenters. The van der Waals surface area contributed by atoms with Crippen LogP contribution in [0.1, 0.15) is 13.8 Å². The van der Waals surface area contributed by atoms with E-state index in [1.165, 1.54) is 0 Å². The molecule has 1 saturated heterocycles. The second-order valence-electron chi connectivity index (χ2n) is 5.69. The van der Waals surface area contributed by atoms with Crippen molar-refractivity contribution in [2.45, 2.75) is 19.4 Å². The van der Waals surface area contributed by atoms with Crippen LogP contribution in [0.3, 0.4) is 0 Å². The van der Waals surface area contributed by atoms with Crippen molar-refractivity contribution >= 4 is 17.5 Å². The van der Waals surface area contributed by atoms with Crippen molar-refractivity contribution in [3.8, 4) is 5.75 Å². The fraction of sp³-hybridized carbons (Fsp3) is 0.467. The summed E-state index contributed by atoms with van der Waals surface area (Å²) in [5.41, 5.74) is 5.39. The smallest absolute Gasteiger partial charge is 0.261 e. The molecule has 2 amide bonds. The van der Waals surface area contributed by atoms with Crippen LogP contribution in [0.25, 0.3) is 0 Å². The van der Waals surface area contributed by atoms with Gasteiger partial charge in [-0.15, -0.1) is 0 Å². The molecule has 0 bridgehead atoms. The van der Waals surface area contributed by atoms with Crippen molar-refractivity contribution in [3.05, 3.63) is 24.3 Å². The summed E-state index contributed by atoms with van der Waals surface area (Å²) in [5.74, 6) is 0.323. The van der Waals surface area contributed by atoms with Crippen molar-refractivity contribution in [3.63, 3.8) is 0 Å². The number of benzene rings is 1. The van der Waals surface area contributed by atoms with Crippen LogP contribution in [0.4, 0.5) is 5.69 Å². The van der Waals surface area contributed by atoms with Crippen LogP contribution in [0.15, 0.2) is 24.3 Å². The Labute approximate surface area is 124 Å². The Morgan fingerprint density at radius 1 is 1.29 bits per heavy atom. The largest absolute Gasteiger partial charge is 0.484 e. The van der Waals surface area contributed by atoms with Gasteiger partial charge in [-0.1, -0.05) is 0 Å². The number of nitrogens with zero attached hydrogens (tertiary/aromatic N) is 2. The van der Waals surface area contributed by atoms with E-state index in [-0.39, 0.29) is 18.4 Å². The van der Waals surface area contributed by atoms with Crippen molar-refractivity contribution in [1.29, 1.82) is 0 Å². The Balaban J connectivity index is 2.00. The van der Waals surface area contributed by atoms with Crippen LogP contribution >= 0.6 is 0 Å². The number of rotatable bonds is 3. The summed E-state index contributed by atoms with van der Waals surface area (Å²) in [6, 6.07) is 6.85. The first kappa shape index (κ1) is 15.2. The number of carbonyl (C=O) groups excluding carboxylic acids is 2. The van der Waals surface area contributed by atoms with Crippen molar-refractivity contribution in [2.75, 3.05) is 32.5 Å². The van der Waals surface area contributed by atoms with E-state index in [2.05, 4.69) is 0 Å². The summed E-state index contributed by atoms with van der Waals surface area (Å²) in [6.45, 7) is 4.47. The molecule has 1 fully saturated rings. The van der Waals surface area contributed by atoms with E-state index in [1.54, 1.807) is 55.0 Å². The fourth-order valence-electron chi connectivity index (χ4n) is 2.44. The zero-order valence-corrected chi connectivity index (χ0v) is 12.6. The van der Waals surface area contributed by atoms with Gasteiger partial charge in [-0.05, 0) is 38.1 Å². The normalized spacial score (nSPS) is 17.8. The molecule has 0 saturated carbocycles. The third kappa shape index (κ3) is 3.09. The third-order valence-electron chi connectivity index (χ3n) is 3.75. The van der Waals surface area contributed by atoms with Crippen LogP contribution in [0, 0.1) is 0 Å². The lowest BCUT2D eigenvalue weighted by Crippen LogP contribution is -2.64. The highest BCUT2D eigenvalue weighted by Gasteiger charge is 2.42. The SMILES string of the molecule is CN1CCN(C(=O)COc2ccc(N)cc2)C(C)(C)C1=O. The first-order valence-electron chi connectivity index (χ1n) is 6.87. The molecule has 0 radical (unpaired) electrons. The molecular weight excluding hydrogens is 270 g/mol. The Kier molecular flexibility index (Phi) is 4.06. The van der Waals surface area contributed by atoms with Crippen molar-refractivity contribution in [1.82, 2.24) is 9.80 Å². The molecule has 1 heterocycles. The zero-order valence-electron chi connectivity index (χ0n) is 12.6. The van der Waals surface area contributed by atoms with Crippen LogP contribution in [0.2, 0.25) is 0 Å². The first-order valence-corrected chi connectivity index (χ1v) is 6.87. The van der Waals surface area contributed by atoms with Gasteiger partial charge in [0.1, 0.15) is 11.3 Å². The number of hydrogen-bond donors (Lipinski definition) is 1. The molecule has 0 spiro atoms. The second-order valence-corrected chi connectivity index (χ2v) is 5.69. The van der Waals surface area contributed by atoms with Gasteiger partial charge in [0.05, 0.1) is 0 Å². The van der Waals surface area contributed by atoms with E-state index < -0.39 is 5.54 Å². The van der Waals surface area contributed by atoms with Gasteiger partial charge < -0.3 is 20.3 Å². The number of nitrogen functional groups attached to an aromatic ring is 1.